The van der Waals surface area contributed by atoms with Crippen LogP contribution < -0.4 is 5.32 Å². The van der Waals surface area contributed by atoms with Crippen molar-refractivity contribution in [1.29, 1.82) is 0 Å². The van der Waals surface area contributed by atoms with Crippen molar-refractivity contribution in [2.24, 2.45) is 0 Å². The number of carbonyl (C=O) groups excluding carboxylic acids is 1. The Morgan fingerprint density at radius 1 is 1.04 bits per heavy atom. The third kappa shape index (κ3) is 5.29. The molecule has 144 valence electrons. The molecule has 4 nitrogen and oxygen atoms in total. The van der Waals surface area contributed by atoms with Crippen LogP contribution >= 0.6 is 0 Å². The molecule has 0 spiro atoms. The monoisotopic (exact) mass is 383 g/mol. The van der Waals surface area contributed by atoms with E-state index in [4.69, 9.17) is 5.11 Å². The fourth-order valence-electron chi connectivity index (χ4n) is 2.47. The number of carbonyl (C=O) groups is 2. The Labute approximate surface area is 152 Å². The number of aliphatic carboxylic acids is 1. The Morgan fingerprint density at radius 3 is 2.15 bits per heavy atom. The van der Waals surface area contributed by atoms with Gasteiger partial charge in [-0.3, -0.25) is 4.79 Å². The van der Waals surface area contributed by atoms with Gasteiger partial charge in [0.1, 0.15) is 11.9 Å². The highest BCUT2D eigenvalue weighted by molar-refractivity contribution is 5.97. The van der Waals surface area contributed by atoms with E-state index in [0.29, 0.717) is 11.1 Å². The number of amides is 1. The molecule has 0 saturated heterocycles. The molecule has 2 aromatic rings. The number of aryl methyl sites for hydroxylation is 2. The van der Waals surface area contributed by atoms with E-state index in [1.54, 1.807) is 11.4 Å². The number of nitrogens with one attached hydrogen (secondary N) is 1. The molecule has 0 aromatic heterocycles. The molecule has 2 rings (SSSR count). The highest BCUT2D eigenvalue weighted by Gasteiger charge is 2.36. The number of hydrogen-bond donors (Lipinski definition) is 2. The van der Waals surface area contributed by atoms with Gasteiger partial charge in [-0.05, 0) is 48.2 Å². The van der Waals surface area contributed by atoms with Crippen LogP contribution in [0.1, 0.15) is 27.9 Å². The zero-order valence-electron chi connectivity index (χ0n) is 14.5. The maximum atomic E-state index is 14.3. The lowest BCUT2D eigenvalue weighted by Crippen LogP contribution is -2.43. The minimum Gasteiger partial charge on any atom is -0.480 e. The van der Waals surface area contributed by atoms with Crippen LogP contribution in [0.5, 0.6) is 0 Å². The molecule has 0 aliphatic carbocycles. The van der Waals surface area contributed by atoms with Crippen molar-refractivity contribution in [2.75, 3.05) is 0 Å². The molecule has 0 radical (unpaired) electrons. The van der Waals surface area contributed by atoms with Crippen LogP contribution in [-0.4, -0.2) is 29.2 Å². The fourth-order valence-corrected chi connectivity index (χ4v) is 2.47. The molecule has 2 N–H and O–H groups in total. The van der Waals surface area contributed by atoms with E-state index in [-0.39, 0.29) is 0 Å². The maximum Gasteiger partial charge on any atom is 0.391 e. The smallest absolute Gasteiger partial charge is 0.391 e. The Balaban J connectivity index is 2.24. The highest BCUT2D eigenvalue weighted by Crippen LogP contribution is 2.25. The molecular formula is C19H17F4NO3. The molecule has 27 heavy (non-hydrogen) atoms. The molecule has 0 bridgehead atoms. The lowest BCUT2D eigenvalue weighted by Gasteiger charge is -2.16. The first-order valence-corrected chi connectivity index (χ1v) is 7.95. The van der Waals surface area contributed by atoms with Gasteiger partial charge >= 0.3 is 12.1 Å². The van der Waals surface area contributed by atoms with Crippen LogP contribution in [0.25, 0.3) is 11.1 Å². The lowest BCUT2D eigenvalue weighted by molar-refractivity contribution is -0.157. The first kappa shape index (κ1) is 20.4. The highest BCUT2D eigenvalue weighted by atomic mass is 19.4. The zero-order chi connectivity index (χ0) is 20.4. The van der Waals surface area contributed by atoms with E-state index in [9.17, 15) is 27.2 Å². The Bertz CT molecular complexity index is 878. The van der Waals surface area contributed by atoms with Crippen molar-refractivity contribution in [1.82, 2.24) is 5.32 Å². The fraction of sp³-hybridized carbons (Fsp3) is 0.263. The largest absolute Gasteiger partial charge is 0.480 e. The van der Waals surface area contributed by atoms with E-state index in [2.05, 4.69) is 0 Å². The Kier molecular flexibility index (Phi) is 5.88. The number of benzene rings is 2. The summed E-state index contributed by atoms with van der Waals surface area (Å²) in [6, 6.07) is 6.92. The first-order chi connectivity index (χ1) is 12.5. The van der Waals surface area contributed by atoms with E-state index in [1.165, 1.54) is 6.07 Å². The first-order valence-electron chi connectivity index (χ1n) is 7.95. The second-order valence-electron chi connectivity index (χ2n) is 6.18. The quantitative estimate of drug-likeness (QED) is 0.759. The summed E-state index contributed by atoms with van der Waals surface area (Å²) in [6.45, 7) is 3.82. The molecule has 1 unspecified atom stereocenters. The van der Waals surface area contributed by atoms with Crippen molar-refractivity contribution >= 4 is 11.9 Å². The molecule has 1 amide bonds. The van der Waals surface area contributed by atoms with Crippen LogP contribution in [0.3, 0.4) is 0 Å². The normalized spacial score (nSPS) is 12.5. The van der Waals surface area contributed by atoms with Crippen LogP contribution in [-0.2, 0) is 4.79 Å². The Morgan fingerprint density at radius 2 is 1.63 bits per heavy atom. The summed E-state index contributed by atoms with van der Waals surface area (Å²) >= 11 is 0. The van der Waals surface area contributed by atoms with Crippen LogP contribution in [0, 0.1) is 19.7 Å². The lowest BCUT2D eigenvalue weighted by atomic mass is 9.99. The topological polar surface area (TPSA) is 66.4 Å². The van der Waals surface area contributed by atoms with Gasteiger partial charge in [0.15, 0.2) is 0 Å². The van der Waals surface area contributed by atoms with Gasteiger partial charge in [-0.25, -0.2) is 9.18 Å². The summed E-state index contributed by atoms with van der Waals surface area (Å²) in [6.07, 6.45) is -6.54. The number of carboxylic acid groups (broad SMARTS) is 1. The van der Waals surface area contributed by atoms with Gasteiger partial charge < -0.3 is 10.4 Å². The molecule has 1 atom stereocenters. The van der Waals surface area contributed by atoms with Gasteiger partial charge in [0, 0.05) is 0 Å². The van der Waals surface area contributed by atoms with Gasteiger partial charge in [0.25, 0.3) is 5.91 Å². The van der Waals surface area contributed by atoms with E-state index in [0.717, 1.165) is 23.3 Å². The number of hydrogen-bond acceptors (Lipinski definition) is 2. The maximum absolute atomic E-state index is 14.3. The molecule has 2 aromatic carbocycles. The predicted octanol–water partition coefficient (Wildman–Crippen LogP) is 4.24. The van der Waals surface area contributed by atoms with Gasteiger partial charge in [0.2, 0.25) is 0 Å². The summed E-state index contributed by atoms with van der Waals surface area (Å²) in [4.78, 5) is 22.9. The molecular weight excluding hydrogens is 366 g/mol. The average Bonchev–Trinajstić information content (AvgIpc) is 2.55. The number of alkyl halides is 3. The van der Waals surface area contributed by atoms with Crippen molar-refractivity contribution < 1.29 is 32.3 Å². The molecule has 0 fully saturated rings. The summed E-state index contributed by atoms with van der Waals surface area (Å²) in [5, 5.41) is 10.5. The SMILES string of the molecule is Cc1ccc(-c2ccc(C(=O)NC(CC(F)(F)F)C(=O)O)c(F)c2)cc1C. The summed E-state index contributed by atoms with van der Waals surface area (Å²) in [5.41, 5.74) is 2.71. The van der Waals surface area contributed by atoms with E-state index >= 15 is 0 Å². The zero-order valence-corrected chi connectivity index (χ0v) is 14.5. The summed E-state index contributed by atoms with van der Waals surface area (Å²) < 4.78 is 51.6. The second-order valence-corrected chi connectivity index (χ2v) is 6.18. The third-order valence-electron chi connectivity index (χ3n) is 4.09. The van der Waals surface area contributed by atoms with E-state index in [1.807, 2.05) is 26.0 Å². The minimum absolute atomic E-state index is 0.484. The van der Waals surface area contributed by atoms with Crippen molar-refractivity contribution in [3.63, 3.8) is 0 Å². The van der Waals surface area contributed by atoms with E-state index < -0.39 is 41.9 Å². The summed E-state index contributed by atoms with van der Waals surface area (Å²) in [5.74, 6) is -4.04. The van der Waals surface area contributed by atoms with Crippen LogP contribution in [0.15, 0.2) is 36.4 Å². The van der Waals surface area contributed by atoms with Gasteiger partial charge in [-0.2, -0.15) is 13.2 Å². The van der Waals surface area contributed by atoms with Gasteiger partial charge in [-0.1, -0.05) is 24.3 Å². The minimum atomic E-state index is -4.79. The van der Waals surface area contributed by atoms with Crippen molar-refractivity contribution in [3.8, 4) is 11.1 Å². The second kappa shape index (κ2) is 7.77. The predicted molar refractivity (Wildman–Crippen MR) is 90.9 cm³/mol. The van der Waals surface area contributed by atoms with Gasteiger partial charge in [-0.15, -0.1) is 0 Å². The molecule has 0 aliphatic rings. The van der Waals surface area contributed by atoms with Gasteiger partial charge in [0.05, 0.1) is 12.0 Å². The molecule has 0 aliphatic heterocycles. The number of rotatable bonds is 5. The van der Waals surface area contributed by atoms with Crippen LogP contribution in [0.2, 0.25) is 0 Å². The molecule has 0 heterocycles. The third-order valence-corrected chi connectivity index (χ3v) is 4.09. The standard InChI is InChI=1S/C19H17F4NO3/c1-10-3-4-12(7-11(10)2)13-5-6-14(15(20)8-13)17(25)24-16(18(26)27)9-19(21,22)23/h3-8,16H,9H2,1-2H3,(H,24,25)(H,26,27). The Hall–Kier alpha value is -2.90. The van der Waals surface area contributed by atoms with Crippen molar-refractivity contribution in [3.05, 3.63) is 58.9 Å². The number of halogens is 4. The molecule has 8 heteroatoms. The summed E-state index contributed by atoms with van der Waals surface area (Å²) in [7, 11) is 0. The molecule has 0 saturated carbocycles. The average molecular weight is 383 g/mol. The number of carboxylic acids is 1. The van der Waals surface area contributed by atoms with Crippen LogP contribution in [0.4, 0.5) is 17.6 Å². The van der Waals surface area contributed by atoms with Crippen molar-refractivity contribution in [2.45, 2.75) is 32.5 Å².